The van der Waals surface area contributed by atoms with Crippen molar-refractivity contribution in [2.75, 3.05) is 33.0 Å². The van der Waals surface area contributed by atoms with Gasteiger partial charge >= 0.3 is 38.7 Å². The largest absolute Gasteiger partial charge is 0.499 e. The molecule has 0 spiro atoms. The van der Waals surface area contributed by atoms with E-state index in [2.05, 4.69) is 0 Å². The molecule has 0 aromatic heterocycles. The Morgan fingerprint density at radius 1 is 0.513 bits per heavy atom. The number of rotatable bonds is 20. The maximum absolute atomic E-state index is 12.7. The molecule has 0 aromatic carbocycles. The van der Waals surface area contributed by atoms with Crippen molar-refractivity contribution in [3.05, 3.63) is 0 Å². The highest BCUT2D eigenvalue weighted by molar-refractivity contribution is 6.60. The number of ketones is 1. The average molecular weight is 581 g/mol. The number of hydrogen-bond donors (Lipinski definition) is 0. The zero-order valence-electron chi connectivity index (χ0n) is 23.6. The van der Waals surface area contributed by atoms with Gasteiger partial charge in [0.05, 0.1) is 45.9 Å². The van der Waals surface area contributed by atoms with Gasteiger partial charge in [0, 0.05) is 13.0 Å². The van der Waals surface area contributed by atoms with Crippen LogP contribution >= 0.6 is 0 Å². The Kier molecular flexibility index (Phi) is 17.8. The molecule has 3 atom stereocenters. The Bertz CT molecular complexity index is 786. The number of carbonyl (C=O) groups is 6. The van der Waals surface area contributed by atoms with E-state index in [9.17, 15) is 28.8 Å². The minimum absolute atomic E-state index is 0.0179. The normalized spacial score (nSPS) is 14.6. The van der Waals surface area contributed by atoms with Crippen LogP contribution in [0.3, 0.4) is 0 Å². The highest BCUT2D eigenvalue weighted by Gasteiger charge is 2.48. The Balaban J connectivity index is 6.56. The predicted octanol–water partition coefficient (Wildman–Crippen LogP) is 1.29. The van der Waals surface area contributed by atoms with Crippen LogP contribution in [0.1, 0.15) is 60.8 Å². The van der Waals surface area contributed by atoms with E-state index < -0.39 is 82.0 Å². The van der Waals surface area contributed by atoms with E-state index in [1.807, 2.05) is 0 Å². The molecule has 0 rings (SSSR count). The van der Waals surface area contributed by atoms with Crippen LogP contribution in [0.15, 0.2) is 0 Å². The highest BCUT2D eigenvalue weighted by atomic mass is 28.4. The average Bonchev–Trinajstić information content (AvgIpc) is 2.83. The molecule has 3 unspecified atom stereocenters. The quantitative estimate of drug-likeness (QED) is 0.114. The van der Waals surface area contributed by atoms with Crippen LogP contribution in [0.2, 0.25) is 6.55 Å². The predicted molar refractivity (Wildman–Crippen MR) is 134 cm³/mol. The van der Waals surface area contributed by atoms with Gasteiger partial charge in [0.25, 0.3) is 0 Å². The summed E-state index contributed by atoms with van der Waals surface area (Å²) in [7, 11) is -4.43. The summed E-state index contributed by atoms with van der Waals surface area (Å²) in [5.41, 5.74) is 0. The Morgan fingerprint density at radius 2 is 0.795 bits per heavy atom. The third kappa shape index (κ3) is 14.7. The Hall–Kier alpha value is -2.88. The SMILES string of the molecule is CCOC(=O)CC(O[Si](C)(OC(CC(C)=O)C(=O)OCC)OC(CC(=O)OCC)C(=O)OCC)C(=O)OCC. The van der Waals surface area contributed by atoms with Gasteiger partial charge < -0.3 is 37.0 Å². The standard InChI is InChI=1S/C24H40O14Si/c1-8-31-20(26)14-18(23(29)34-11-4)37-39(7,36-17(13-16(6)25)22(28)33-10-3)38-19(24(30)35-12-5)15-21(27)32-9-2/h17-19H,8-15H2,1-7H3. The molecule has 0 bridgehead atoms. The first-order valence-electron chi connectivity index (χ1n) is 12.7. The van der Waals surface area contributed by atoms with Crippen molar-refractivity contribution in [2.45, 2.75) is 85.7 Å². The maximum atomic E-state index is 12.7. The minimum Gasteiger partial charge on any atom is -0.466 e. The Labute approximate surface area is 229 Å². The van der Waals surface area contributed by atoms with E-state index in [-0.39, 0.29) is 33.0 Å². The van der Waals surface area contributed by atoms with Crippen molar-refractivity contribution in [1.29, 1.82) is 0 Å². The zero-order valence-corrected chi connectivity index (χ0v) is 24.6. The summed E-state index contributed by atoms with van der Waals surface area (Å²) >= 11 is 0. The summed E-state index contributed by atoms with van der Waals surface area (Å²) in [6.45, 7) is 10.0. The number of ether oxygens (including phenoxy) is 5. The summed E-state index contributed by atoms with van der Waals surface area (Å²) in [4.78, 5) is 74.3. The third-order valence-corrected chi connectivity index (χ3v) is 6.64. The zero-order chi connectivity index (χ0) is 30.0. The molecule has 224 valence electrons. The lowest BCUT2D eigenvalue weighted by molar-refractivity contribution is -0.169. The summed E-state index contributed by atoms with van der Waals surface area (Å²) < 4.78 is 42.3. The van der Waals surface area contributed by atoms with Gasteiger partial charge in [0.15, 0.2) is 18.3 Å². The lowest BCUT2D eigenvalue weighted by atomic mass is 10.2. The number of Topliss-reactive ketones (excluding diaryl/α,β-unsaturated/α-hetero) is 1. The molecule has 0 amide bonds. The van der Waals surface area contributed by atoms with E-state index in [4.69, 9.17) is 37.0 Å². The second-order valence-electron chi connectivity index (χ2n) is 7.86. The van der Waals surface area contributed by atoms with Gasteiger partial charge in [0.2, 0.25) is 0 Å². The van der Waals surface area contributed by atoms with Gasteiger partial charge in [-0.1, -0.05) is 0 Å². The molecule has 0 saturated carbocycles. The molecule has 0 aliphatic heterocycles. The van der Waals surface area contributed by atoms with Crippen LogP contribution in [-0.2, 0) is 65.7 Å². The molecule has 0 heterocycles. The first-order valence-corrected chi connectivity index (χ1v) is 14.9. The van der Waals surface area contributed by atoms with Gasteiger partial charge in [-0.3, -0.25) is 14.4 Å². The lowest BCUT2D eigenvalue weighted by Crippen LogP contribution is -2.55. The molecule has 0 aliphatic rings. The molecule has 0 aliphatic carbocycles. The monoisotopic (exact) mass is 580 g/mol. The van der Waals surface area contributed by atoms with E-state index >= 15 is 0 Å². The van der Waals surface area contributed by atoms with Gasteiger partial charge in [-0.2, -0.15) is 0 Å². The maximum Gasteiger partial charge on any atom is 0.499 e. The van der Waals surface area contributed by atoms with E-state index in [1.54, 1.807) is 20.8 Å². The van der Waals surface area contributed by atoms with Gasteiger partial charge in [0.1, 0.15) is 5.78 Å². The molecular formula is C24H40O14Si. The second-order valence-corrected chi connectivity index (χ2v) is 10.3. The van der Waals surface area contributed by atoms with Crippen LogP contribution in [-0.4, -0.2) is 95.8 Å². The van der Waals surface area contributed by atoms with Crippen molar-refractivity contribution in [2.24, 2.45) is 0 Å². The van der Waals surface area contributed by atoms with Crippen molar-refractivity contribution in [3.8, 4) is 0 Å². The molecule has 15 heteroatoms. The first-order chi connectivity index (χ1) is 18.4. The van der Waals surface area contributed by atoms with Crippen LogP contribution in [0.5, 0.6) is 0 Å². The number of esters is 5. The van der Waals surface area contributed by atoms with Crippen molar-refractivity contribution < 1.29 is 65.7 Å². The summed E-state index contributed by atoms with van der Waals surface area (Å²) in [5.74, 6) is -4.97. The second kappa shape index (κ2) is 19.2. The van der Waals surface area contributed by atoms with Crippen LogP contribution in [0.4, 0.5) is 0 Å². The fraction of sp³-hybridized carbons (Fsp3) is 0.750. The molecule has 39 heavy (non-hydrogen) atoms. The highest BCUT2D eigenvalue weighted by Crippen LogP contribution is 2.23. The van der Waals surface area contributed by atoms with Crippen molar-refractivity contribution >= 4 is 44.4 Å². The minimum atomic E-state index is -4.43. The topological polar surface area (TPSA) is 176 Å². The fourth-order valence-electron chi connectivity index (χ4n) is 3.09. The van der Waals surface area contributed by atoms with Crippen LogP contribution in [0.25, 0.3) is 0 Å². The lowest BCUT2D eigenvalue weighted by Gasteiger charge is -2.34. The smallest absolute Gasteiger partial charge is 0.466 e. The van der Waals surface area contributed by atoms with Gasteiger partial charge in [-0.25, -0.2) is 14.4 Å². The summed E-state index contributed by atoms with van der Waals surface area (Å²) in [6, 6.07) is 0. The van der Waals surface area contributed by atoms with E-state index in [0.717, 1.165) is 0 Å². The van der Waals surface area contributed by atoms with E-state index in [1.165, 1.54) is 27.3 Å². The Morgan fingerprint density at radius 3 is 1.05 bits per heavy atom. The summed E-state index contributed by atoms with van der Waals surface area (Å²) in [6.07, 6.45) is -6.56. The van der Waals surface area contributed by atoms with Crippen LogP contribution < -0.4 is 0 Å². The fourth-order valence-corrected chi connectivity index (χ4v) is 5.34. The molecule has 0 saturated heterocycles. The third-order valence-electron chi connectivity index (χ3n) is 4.51. The number of carbonyl (C=O) groups excluding carboxylic acids is 6. The molecular weight excluding hydrogens is 540 g/mol. The molecule has 0 fully saturated rings. The molecule has 0 radical (unpaired) electrons. The van der Waals surface area contributed by atoms with Gasteiger partial charge in [-0.15, -0.1) is 0 Å². The first kappa shape index (κ1) is 36.1. The van der Waals surface area contributed by atoms with Crippen molar-refractivity contribution in [3.63, 3.8) is 0 Å². The molecule has 14 nitrogen and oxygen atoms in total. The number of hydrogen-bond acceptors (Lipinski definition) is 14. The van der Waals surface area contributed by atoms with E-state index in [0.29, 0.717) is 0 Å². The summed E-state index contributed by atoms with van der Waals surface area (Å²) in [5, 5.41) is 0. The van der Waals surface area contributed by atoms with Crippen LogP contribution in [0, 0.1) is 0 Å². The van der Waals surface area contributed by atoms with Crippen molar-refractivity contribution in [1.82, 2.24) is 0 Å². The molecule has 0 N–H and O–H groups in total. The van der Waals surface area contributed by atoms with Gasteiger partial charge in [-0.05, 0) is 41.5 Å². The molecule has 0 aromatic rings.